The fourth-order valence-corrected chi connectivity index (χ4v) is 8.17. The van der Waals surface area contributed by atoms with Crippen LogP contribution in [0.4, 0.5) is 34.1 Å². The first-order chi connectivity index (χ1) is 26.4. The van der Waals surface area contributed by atoms with Crippen molar-refractivity contribution in [3.8, 4) is 0 Å². The molecule has 6 rings (SSSR count). The Morgan fingerprint density at radius 2 is 0.800 bits per heavy atom. The molecule has 0 aliphatic carbocycles. The zero-order valence-corrected chi connectivity index (χ0v) is 35.4. The van der Waals surface area contributed by atoms with E-state index < -0.39 is 16.1 Å². The number of nitrogens with two attached hydrogens (primary N) is 1. The maximum Gasteiger partial charge on any atom is 0.331 e. The third-order valence-corrected chi connectivity index (χ3v) is 13.0. The summed E-state index contributed by atoms with van der Waals surface area (Å²) in [5.41, 5.74) is 14.4. The first kappa shape index (κ1) is 41.0. The predicted octanol–water partition coefficient (Wildman–Crippen LogP) is 10.7. The molecule has 2 radical (unpaired) electrons. The molecule has 2 N–H and O–H groups in total. The number of rotatable bonds is 13. The van der Waals surface area contributed by atoms with Gasteiger partial charge in [-0.1, -0.05) is 148 Å². The van der Waals surface area contributed by atoms with Crippen molar-refractivity contribution in [3.63, 3.8) is 0 Å². The number of hydrogen-bond acceptors (Lipinski definition) is 6. The molecule has 6 aromatic carbocycles. The lowest BCUT2D eigenvalue weighted by molar-refractivity contribution is 0.346. The second-order valence-corrected chi connectivity index (χ2v) is 25.3. The molecule has 0 aliphatic rings. The van der Waals surface area contributed by atoms with Crippen LogP contribution in [-0.2, 0) is 9.51 Å². The Balaban J connectivity index is 0.000000237. The van der Waals surface area contributed by atoms with E-state index in [1.54, 1.807) is 20.0 Å². The Morgan fingerprint density at radius 3 is 1.13 bits per heavy atom. The molecular formula is C45H52B2N4O2Si2. The van der Waals surface area contributed by atoms with Crippen LogP contribution < -0.4 is 26.2 Å². The maximum atomic E-state index is 5.88. The Labute approximate surface area is 332 Å². The van der Waals surface area contributed by atoms with Gasteiger partial charge in [0.25, 0.3) is 0 Å². The SMILES string of the molecule is C[B]ON(c1ccc(N)cc1)c1ccc([Si](C)(C)C)cc1.C[B]ON(c1ccc(N=C(c2ccccc2)c2ccccc2)cc1)c1ccc([Si](C)(C)C)cc1. The van der Waals surface area contributed by atoms with Gasteiger partial charge in [0.1, 0.15) is 0 Å². The summed E-state index contributed by atoms with van der Waals surface area (Å²) in [5, 5.41) is 6.50. The Hall–Kier alpha value is -5.13. The van der Waals surface area contributed by atoms with Crippen molar-refractivity contribution in [3.05, 3.63) is 169 Å². The molecule has 0 saturated heterocycles. The van der Waals surface area contributed by atoms with Crippen LogP contribution in [0.15, 0.2) is 163 Å². The minimum atomic E-state index is -1.35. The second kappa shape index (κ2) is 19.0. The fourth-order valence-electron chi connectivity index (χ4n) is 5.84. The number of aliphatic imine (C=N–C) groups is 1. The summed E-state index contributed by atoms with van der Waals surface area (Å²) >= 11 is 0. The lowest BCUT2D eigenvalue weighted by Crippen LogP contribution is -2.37. The van der Waals surface area contributed by atoms with Crippen molar-refractivity contribution in [1.82, 2.24) is 0 Å². The van der Waals surface area contributed by atoms with Crippen LogP contribution in [0, 0.1) is 0 Å². The van der Waals surface area contributed by atoms with Gasteiger partial charge in [0.2, 0.25) is 0 Å². The lowest BCUT2D eigenvalue weighted by atomic mass is 10.0. The summed E-state index contributed by atoms with van der Waals surface area (Å²) in [6.07, 6.45) is 0. The van der Waals surface area contributed by atoms with E-state index >= 15 is 0 Å². The number of nitrogens with zero attached hydrogens (tertiary/aromatic N) is 3. The number of nitrogen functional groups attached to an aromatic ring is 1. The van der Waals surface area contributed by atoms with Gasteiger partial charge in [0.15, 0.2) is 0 Å². The van der Waals surface area contributed by atoms with Gasteiger partial charge in [-0.3, -0.25) is 0 Å². The number of hydrogen-bond donors (Lipinski definition) is 1. The van der Waals surface area contributed by atoms with Crippen LogP contribution in [0.5, 0.6) is 0 Å². The average Bonchev–Trinajstić information content (AvgIpc) is 3.19. The largest absolute Gasteiger partial charge is 0.399 e. The zero-order chi connectivity index (χ0) is 39.4. The molecule has 10 heteroatoms. The zero-order valence-electron chi connectivity index (χ0n) is 33.4. The van der Waals surface area contributed by atoms with E-state index in [0.717, 1.165) is 51.0 Å². The highest BCUT2D eigenvalue weighted by Gasteiger charge is 2.19. The van der Waals surface area contributed by atoms with Crippen LogP contribution in [0.2, 0.25) is 52.9 Å². The fraction of sp³-hybridized carbons (Fsp3) is 0.178. The molecule has 6 aromatic rings. The smallest absolute Gasteiger partial charge is 0.331 e. The van der Waals surface area contributed by atoms with Crippen molar-refractivity contribution in [1.29, 1.82) is 0 Å². The number of benzene rings is 6. The third kappa shape index (κ3) is 11.4. The summed E-state index contributed by atoms with van der Waals surface area (Å²) in [6.45, 7) is 17.8. The Bertz CT molecular complexity index is 2050. The second-order valence-electron chi connectivity index (χ2n) is 15.2. The van der Waals surface area contributed by atoms with Crippen molar-refractivity contribution in [2.45, 2.75) is 52.9 Å². The molecule has 0 heterocycles. The minimum absolute atomic E-state index is 0.744. The standard InChI is InChI=1S/C29H30BN2OSi.C16H22BN2OSi/c1-30-33-32(27-19-21-28(22-20-27)34(2,3)4)26-17-15-25(16-18-26)31-29(23-11-7-5-8-12-23)24-13-9-6-10-14-24;1-17-20-19(14-7-5-13(18)6-8-14)15-9-11-16(12-10-15)21(2,3)4/h5-22H,1-4H3;5-12H,18H2,1-4H3. The Kier molecular flexibility index (Phi) is 14.1. The van der Waals surface area contributed by atoms with Gasteiger partial charge in [-0.2, -0.15) is 0 Å². The first-order valence-corrected chi connectivity index (χ1v) is 25.7. The molecule has 0 spiro atoms. The van der Waals surface area contributed by atoms with Crippen LogP contribution in [-0.4, -0.2) is 36.8 Å². The molecule has 0 amide bonds. The maximum absolute atomic E-state index is 5.88. The molecule has 0 unspecified atom stereocenters. The molecule has 0 aliphatic heterocycles. The lowest BCUT2D eigenvalue weighted by Gasteiger charge is -2.25. The molecule has 55 heavy (non-hydrogen) atoms. The predicted molar refractivity (Wildman–Crippen MR) is 244 cm³/mol. The number of anilines is 5. The van der Waals surface area contributed by atoms with Gasteiger partial charge in [-0.05, 0) is 72.8 Å². The van der Waals surface area contributed by atoms with E-state index in [1.807, 2.05) is 104 Å². The topological polar surface area (TPSA) is 63.3 Å². The van der Waals surface area contributed by atoms with Crippen LogP contribution in [0.3, 0.4) is 0 Å². The van der Waals surface area contributed by atoms with Gasteiger partial charge in [0.05, 0.1) is 50.3 Å². The highest BCUT2D eigenvalue weighted by atomic mass is 28.3. The third-order valence-electron chi connectivity index (χ3n) is 8.90. The molecule has 0 atom stereocenters. The van der Waals surface area contributed by atoms with Gasteiger partial charge in [0, 0.05) is 16.8 Å². The van der Waals surface area contributed by atoms with Crippen LogP contribution >= 0.6 is 0 Å². The highest BCUT2D eigenvalue weighted by molar-refractivity contribution is 6.89. The summed E-state index contributed by atoms with van der Waals surface area (Å²) in [6, 6.07) is 53.7. The van der Waals surface area contributed by atoms with E-state index in [0.29, 0.717) is 0 Å². The molecule has 6 nitrogen and oxygen atoms in total. The molecule has 0 bridgehead atoms. The van der Waals surface area contributed by atoms with Crippen molar-refractivity contribution in [2.75, 3.05) is 15.9 Å². The first-order valence-electron chi connectivity index (χ1n) is 18.7. The Morgan fingerprint density at radius 1 is 0.473 bits per heavy atom. The molecule has 0 aromatic heterocycles. The van der Waals surface area contributed by atoms with Crippen molar-refractivity contribution < 1.29 is 9.51 Å². The van der Waals surface area contributed by atoms with Crippen LogP contribution in [0.1, 0.15) is 11.1 Å². The van der Waals surface area contributed by atoms with Gasteiger partial charge in [-0.15, -0.1) is 0 Å². The van der Waals surface area contributed by atoms with E-state index in [1.165, 1.54) is 10.4 Å². The summed E-state index contributed by atoms with van der Waals surface area (Å²) < 4.78 is 11.5. The highest BCUT2D eigenvalue weighted by Crippen LogP contribution is 2.29. The summed E-state index contributed by atoms with van der Waals surface area (Å²) in [4.78, 5) is 5.01. The molecule has 278 valence electrons. The van der Waals surface area contributed by atoms with Crippen molar-refractivity contribution >= 4 is 81.3 Å². The normalized spacial score (nSPS) is 11.1. The molecule has 0 fully saturated rings. The van der Waals surface area contributed by atoms with E-state index in [2.05, 4.69) is 112 Å². The van der Waals surface area contributed by atoms with E-state index in [9.17, 15) is 0 Å². The molecular weight excluding hydrogens is 706 g/mol. The molecule has 0 saturated carbocycles. The van der Waals surface area contributed by atoms with Gasteiger partial charge >= 0.3 is 15.0 Å². The van der Waals surface area contributed by atoms with E-state index in [4.69, 9.17) is 20.2 Å². The quantitative estimate of drug-likeness (QED) is 0.0550. The van der Waals surface area contributed by atoms with Crippen molar-refractivity contribution in [2.24, 2.45) is 4.99 Å². The minimum Gasteiger partial charge on any atom is -0.399 e. The van der Waals surface area contributed by atoms with Gasteiger partial charge < -0.3 is 15.2 Å². The van der Waals surface area contributed by atoms with Crippen LogP contribution in [0.25, 0.3) is 0 Å². The summed E-state index contributed by atoms with van der Waals surface area (Å²) in [7, 11) is 0.735. The average molecular weight is 759 g/mol. The summed E-state index contributed by atoms with van der Waals surface area (Å²) in [5.74, 6) is 0. The monoisotopic (exact) mass is 758 g/mol. The van der Waals surface area contributed by atoms with E-state index in [-0.39, 0.29) is 0 Å². The van der Waals surface area contributed by atoms with Gasteiger partial charge in [-0.25, -0.2) is 15.1 Å².